The lowest BCUT2D eigenvalue weighted by Gasteiger charge is -2.04. The van der Waals surface area contributed by atoms with E-state index >= 15 is 0 Å². The van der Waals surface area contributed by atoms with Crippen LogP contribution < -0.4 is 5.73 Å². The highest BCUT2D eigenvalue weighted by Gasteiger charge is 1.98. The molecule has 0 aliphatic heterocycles. The minimum atomic E-state index is -0.545. The molecule has 0 aromatic heterocycles. The quantitative estimate of drug-likeness (QED) is 0.442. The van der Waals surface area contributed by atoms with E-state index in [4.69, 9.17) is 15.9 Å². The molecule has 0 spiro atoms. The van der Waals surface area contributed by atoms with Crippen LogP contribution in [0.3, 0.4) is 0 Å². The molecule has 3 nitrogen and oxygen atoms in total. The van der Waals surface area contributed by atoms with Crippen LogP contribution in [-0.2, 0) is 0 Å². The monoisotopic (exact) mass is 133 g/mol. The molecule has 0 radical (unpaired) electrons. The Morgan fingerprint density at radius 1 is 1.33 bits per heavy atom. The van der Waals surface area contributed by atoms with Crippen molar-refractivity contribution < 1.29 is 10.2 Å². The lowest BCUT2D eigenvalue weighted by atomic mass is 10.2. The number of unbranched alkanes of at least 4 members (excludes halogenated alkanes) is 1. The number of hydrogen-bond acceptors (Lipinski definition) is 3. The van der Waals surface area contributed by atoms with E-state index in [1.165, 1.54) is 0 Å². The molecule has 0 saturated heterocycles. The fourth-order valence-corrected chi connectivity index (χ4v) is 0.616. The molecular formula is C6H15NO2. The zero-order valence-corrected chi connectivity index (χ0v) is 5.58. The van der Waals surface area contributed by atoms with Crippen molar-refractivity contribution in [3.8, 4) is 0 Å². The average molecular weight is 133 g/mol. The number of nitrogens with two attached hydrogens (primary N) is 1. The predicted octanol–water partition coefficient (Wildman–Crippen LogP) is -0.531. The van der Waals surface area contributed by atoms with Crippen molar-refractivity contribution in [1.82, 2.24) is 0 Å². The highest BCUT2D eigenvalue weighted by atomic mass is 16.3. The van der Waals surface area contributed by atoms with E-state index in [-0.39, 0.29) is 6.61 Å². The molecule has 1 atom stereocenters. The Kier molecular flexibility index (Phi) is 5.93. The molecule has 9 heavy (non-hydrogen) atoms. The number of rotatable bonds is 5. The SMILES string of the molecule is NCCCCC(O)CO. The minimum Gasteiger partial charge on any atom is -0.394 e. The molecule has 0 heterocycles. The standard InChI is InChI=1S/C6H15NO2/c7-4-2-1-3-6(9)5-8/h6,8-9H,1-5,7H2. The van der Waals surface area contributed by atoms with Crippen LogP contribution in [0.4, 0.5) is 0 Å². The first-order valence-corrected chi connectivity index (χ1v) is 3.30. The van der Waals surface area contributed by atoms with Crippen LogP contribution in [0.5, 0.6) is 0 Å². The van der Waals surface area contributed by atoms with Crippen molar-refractivity contribution in [2.45, 2.75) is 25.4 Å². The van der Waals surface area contributed by atoms with Crippen LogP contribution in [-0.4, -0.2) is 29.5 Å². The number of aliphatic hydroxyl groups is 2. The number of aliphatic hydroxyl groups excluding tert-OH is 2. The van der Waals surface area contributed by atoms with Gasteiger partial charge in [0.05, 0.1) is 12.7 Å². The van der Waals surface area contributed by atoms with Crippen molar-refractivity contribution >= 4 is 0 Å². The first-order chi connectivity index (χ1) is 4.31. The zero-order chi connectivity index (χ0) is 7.11. The molecule has 0 aromatic carbocycles. The first kappa shape index (κ1) is 8.88. The molecule has 0 fully saturated rings. The van der Waals surface area contributed by atoms with Crippen LogP contribution in [0.2, 0.25) is 0 Å². The van der Waals surface area contributed by atoms with Gasteiger partial charge in [-0.25, -0.2) is 0 Å². The van der Waals surface area contributed by atoms with Gasteiger partial charge in [0.25, 0.3) is 0 Å². The lowest BCUT2D eigenvalue weighted by Crippen LogP contribution is -2.12. The maximum Gasteiger partial charge on any atom is 0.0770 e. The van der Waals surface area contributed by atoms with Crippen LogP contribution in [0, 0.1) is 0 Å². The summed E-state index contributed by atoms with van der Waals surface area (Å²) < 4.78 is 0. The van der Waals surface area contributed by atoms with Gasteiger partial charge in [-0.15, -0.1) is 0 Å². The molecule has 0 saturated carbocycles. The molecular weight excluding hydrogens is 118 g/mol. The molecule has 0 bridgehead atoms. The van der Waals surface area contributed by atoms with Gasteiger partial charge in [0.1, 0.15) is 0 Å². The van der Waals surface area contributed by atoms with Gasteiger partial charge in [-0.3, -0.25) is 0 Å². The summed E-state index contributed by atoms with van der Waals surface area (Å²) in [4.78, 5) is 0. The molecule has 0 rings (SSSR count). The Labute approximate surface area is 55.5 Å². The Morgan fingerprint density at radius 2 is 2.00 bits per heavy atom. The van der Waals surface area contributed by atoms with E-state index in [1.54, 1.807) is 0 Å². The maximum atomic E-state index is 8.79. The summed E-state index contributed by atoms with van der Waals surface area (Å²) in [7, 11) is 0. The predicted molar refractivity (Wildman–Crippen MR) is 36.0 cm³/mol. The van der Waals surface area contributed by atoms with Crippen LogP contribution in [0.15, 0.2) is 0 Å². The van der Waals surface area contributed by atoms with Crippen molar-refractivity contribution in [3.05, 3.63) is 0 Å². The highest BCUT2D eigenvalue weighted by molar-refractivity contribution is 4.52. The van der Waals surface area contributed by atoms with Gasteiger partial charge in [-0.1, -0.05) is 0 Å². The molecule has 0 aromatic rings. The van der Waals surface area contributed by atoms with Gasteiger partial charge in [-0.2, -0.15) is 0 Å². The summed E-state index contributed by atoms with van der Waals surface area (Å²) in [5.41, 5.74) is 5.21. The first-order valence-electron chi connectivity index (χ1n) is 3.30. The largest absolute Gasteiger partial charge is 0.394 e. The van der Waals surface area contributed by atoms with Gasteiger partial charge in [0.15, 0.2) is 0 Å². The van der Waals surface area contributed by atoms with Crippen LogP contribution in [0.1, 0.15) is 19.3 Å². The molecule has 56 valence electrons. The van der Waals surface area contributed by atoms with Gasteiger partial charge in [0.2, 0.25) is 0 Å². The van der Waals surface area contributed by atoms with E-state index in [1.807, 2.05) is 0 Å². The fraction of sp³-hybridized carbons (Fsp3) is 1.00. The van der Waals surface area contributed by atoms with E-state index < -0.39 is 6.10 Å². The van der Waals surface area contributed by atoms with Crippen molar-refractivity contribution in [1.29, 1.82) is 0 Å². The second kappa shape index (κ2) is 6.01. The van der Waals surface area contributed by atoms with Gasteiger partial charge >= 0.3 is 0 Å². The molecule has 1 unspecified atom stereocenters. The van der Waals surface area contributed by atoms with E-state index in [9.17, 15) is 0 Å². The molecule has 4 N–H and O–H groups in total. The Hall–Kier alpha value is -0.120. The third-order valence-corrected chi connectivity index (χ3v) is 1.20. The summed E-state index contributed by atoms with van der Waals surface area (Å²) >= 11 is 0. The van der Waals surface area contributed by atoms with Crippen molar-refractivity contribution in [3.63, 3.8) is 0 Å². The summed E-state index contributed by atoms with van der Waals surface area (Å²) in [6.07, 6.45) is 1.94. The second-order valence-corrected chi connectivity index (χ2v) is 2.12. The smallest absolute Gasteiger partial charge is 0.0770 e. The summed E-state index contributed by atoms with van der Waals surface area (Å²) in [5.74, 6) is 0. The third-order valence-electron chi connectivity index (χ3n) is 1.20. The summed E-state index contributed by atoms with van der Waals surface area (Å²) in [6.45, 7) is 0.530. The fourth-order valence-electron chi connectivity index (χ4n) is 0.616. The van der Waals surface area contributed by atoms with Crippen molar-refractivity contribution in [2.75, 3.05) is 13.2 Å². The summed E-state index contributed by atoms with van der Waals surface area (Å²) in [5, 5.41) is 17.1. The van der Waals surface area contributed by atoms with Crippen molar-refractivity contribution in [2.24, 2.45) is 5.73 Å². The van der Waals surface area contributed by atoms with Crippen LogP contribution >= 0.6 is 0 Å². The number of hydrogen-bond donors (Lipinski definition) is 3. The molecule has 0 amide bonds. The third kappa shape index (κ3) is 5.76. The average Bonchev–Trinajstić information content (AvgIpc) is 1.89. The minimum absolute atomic E-state index is 0.134. The normalized spacial score (nSPS) is 13.7. The van der Waals surface area contributed by atoms with Crippen LogP contribution in [0.25, 0.3) is 0 Å². The van der Waals surface area contributed by atoms with Gasteiger partial charge in [0, 0.05) is 0 Å². The molecule has 0 aliphatic rings. The zero-order valence-electron chi connectivity index (χ0n) is 5.58. The van der Waals surface area contributed by atoms with E-state index in [0.717, 1.165) is 12.8 Å². The Balaban J connectivity index is 2.88. The molecule has 3 heteroatoms. The Morgan fingerprint density at radius 3 is 2.44 bits per heavy atom. The Bertz CT molecular complexity index is 59.0. The van der Waals surface area contributed by atoms with E-state index in [2.05, 4.69) is 0 Å². The topological polar surface area (TPSA) is 66.5 Å². The van der Waals surface area contributed by atoms with E-state index in [0.29, 0.717) is 13.0 Å². The maximum absolute atomic E-state index is 8.79. The highest BCUT2D eigenvalue weighted by Crippen LogP contribution is 1.97. The molecule has 0 aliphatic carbocycles. The summed E-state index contributed by atoms with van der Waals surface area (Å²) in [6, 6.07) is 0. The lowest BCUT2D eigenvalue weighted by molar-refractivity contribution is 0.0863. The van der Waals surface area contributed by atoms with Gasteiger partial charge < -0.3 is 15.9 Å². The van der Waals surface area contributed by atoms with Gasteiger partial charge in [-0.05, 0) is 25.8 Å². The second-order valence-electron chi connectivity index (χ2n) is 2.12.